The molecule has 0 aliphatic carbocycles. The molecule has 2 nitrogen and oxygen atoms in total. The van der Waals surface area contributed by atoms with Crippen LogP contribution in [0.4, 0.5) is 0 Å². The van der Waals surface area contributed by atoms with E-state index in [0.717, 1.165) is 18.7 Å². The monoisotopic (exact) mass is 309 g/mol. The van der Waals surface area contributed by atoms with E-state index in [9.17, 15) is 4.21 Å². The smallest absolute Gasteiger partial charge is 0.0436 e. The molecule has 0 aliphatic rings. The fourth-order valence-electron chi connectivity index (χ4n) is 2.33. The standard InChI is InChI=1S/C18H31NOS/c1-6-11-19-18(13-21(20)12-14(2)3)17-9-7-16(8-10-17)15(4)5/h7-10,14-15,18-19H,6,11-13H2,1-5H3. The average Bonchev–Trinajstić information content (AvgIpc) is 2.42. The van der Waals surface area contributed by atoms with Crippen molar-refractivity contribution in [3.63, 3.8) is 0 Å². The molecular weight excluding hydrogens is 278 g/mol. The molecular formula is C18H31NOS. The van der Waals surface area contributed by atoms with Crippen LogP contribution in [-0.4, -0.2) is 22.3 Å². The van der Waals surface area contributed by atoms with Crippen LogP contribution in [0.5, 0.6) is 0 Å². The molecule has 0 bridgehead atoms. The summed E-state index contributed by atoms with van der Waals surface area (Å²) in [5, 5.41) is 3.55. The predicted molar refractivity (Wildman–Crippen MR) is 94.3 cm³/mol. The summed E-state index contributed by atoms with van der Waals surface area (Å²) in [7, 11) is -0.761. The van der Waals surface area contributed by atoms with Crippen molar-refractivity contribution in [1.29, 1.82) is 0 Å². The molecule has 1 rings (SSSR count). The van der Waals surface area contributed by atoms with Crippen molar-refractivity contribution >= 4 is 10.8 Å². The van der Waals surface area contributed by atoms with Crippen molar-refractivity contribution in [3.8, 4) is 0 Å². The fraction of sp³-hybridized carbons (Fsp3) is 0.667. The van der Waals surface area contributed by atoms with Gasteiger partial charge in [0.15, 0.2) is 0 Å². The van der Waals surface area contributed by atoms with Crippen LogP contribution in [0.1, 0.15) is 64.1 Å². The Bertz CT molecular complexity index is 425. The van der Waals surface area contributed by atoms with Crippen LogP contribution in [0.3, 0.4) is 0 Å². The van der Waals surface area contributed by atoms with E-state index in [-0.39, 0.29) is 6.04 Å². The molecule has 0 saturated heterocycles. The van der Waals surface area contributed by atoms with Crippen molar-refractivity contribution in [2.75, 3.05) is 18.1 Å². The Morgan fingerprint density at radius 2 is 1.57 bits per heavy atom. The fourth-order valence-corrected chi connectivity index (χ4v) is 3.89. The van der Waals surface area contributed by atoms with Gasteiger partial charge in [-0.25, -0.2) is 0 Å². The maximum atomic E-state index is 12.2. The zero-order valence-electron chi connectivity index (χ0n) is 14.2. The second-order valence-corrected chi connectivity index (χ2v) is 8.04. The molecule has 120 valence electrons. The lowest BCUT2D eigenvalue weighted by Gasteiger charge is -2.20. The summed E-state index contributed by atoms with van der Waals surface area (Å²) in [4.78, 5) is 0. The van der Waals surface area contributed by atoms with Gasteiger partial charge in [-0.1, -0.05) is 58.9 Å². The lowest BCUT2D eigenvalue weighted by atomic mass is 9.99. The maximum Gasteiger partial charge on any atom is 0.0436 e. The molecule has 0 spiro atoms. The molecule has 0 aliphatic heterocycles. The number of nitrogens with one attached hydrogen (secondary N) is 1. The van der Waals surface area contributed by atoms with E-state index < -0.39 is 10.8 Å². The van der Waals surface area contributed by atoms with Crippen LogP contribution in [0.2, 0.25) is 0 Å². The largest absolute Gasteiger partial charge is 0.309 e. The Kier molecular flexibility index (Phi) is 8.20. The Balaban J connectivity index is 2.78. The zero-order chi connectivity index (χ0) is 15.8. The summed E-state index contributed by atoms with van der Waals surface area (Å²) in [6.45, 7) is 11.8. The lowest BCUT2D eigenvalue weighted by molar-refractivity contribution is 0.567. The Morgan fingerprint density at radius 1 is 1.00 bits per heavy atom. The highest BCUT2D eigenvalue weighted by molar-refractivity contribution is 7.85. The highest BCUT2D eigenvalue weighted by atomic mass is 32.2. The van der Waals surface area contributed by atoms with Crippen LogP contribution in [0, 0.1) is 5.92 Å². The first-order valence-electron chi connectivity index (χ1n) is 8.12. The van der Waals surface area contributed by atoms with E-state index >= 15 is 0 Å². The van der Waals surface area contributed by atoms with Gasteiger partial charge in [0, 0.05) is 28.3 Å². The molecule has 0 aromatic heterocycles. The first-order valence-corrected chi connectivity index (χ1v) is 9.61. The van der Waals surface area contributed by atoms with Crippen LogP contribution >= 0.6 is 0 Å². The molecule has 0 fully saturated rings. The average molecular weight is 310 g/mol. The first-order chi connectivity index (χ1) is 9.93. The first kappa shape index (κ1) is 18.4. The third-order valence-corrected chi connectivity index (χ3v) is 5.26. The second-order valence-electron chi connectivity index (χ2n) is 6.50. The van der Waals surface area contributed by atoms with Gasteiger partial charge in [-0.2, -0.15) is 0 Å². The van der Waals surface area contributed by atoms with Crippen molar-refractivity contribution in [2.45, 2.75) is 53.0 Å². The van der Waals surface area contributed by atoms with Gasteiger partial charge >= 0.3 is 0 Å². The molecule has 0 amide bonds. The molecule has 21 heavy (non-hydrogen) atoms. The molecule has 1 aromatic rings. The Morgan fingerprint density at radius 3 is 2.05 bits per heavy atom. The molecule has 2 unspecified atom stereocenters. The highest BCUT2D eigenvalue weighted by Crippen LogP contribution is 2.20. The molecule has 3 heteroatoms. The van der Waals surface area contributed by atoms with Crippen LogP contribution in [-0.2, 0) is 10.8 Å². The third-order valence-electron chi connectivity index (χ3n) is 3.52. The molecule has 2 atom stereocenters. The van der Waals surface area contributed by atoms with E-state index in [0.29, 0.717) is 17.6 Å². The summed E-state index contributed by atoms with van der Waals surface area (Å²) in [5.41, 5.74) is 2.61. The molecule has 1 aromatic carbocycles. The van der Waals surface area contributed by atoms with Crippen molar-refractivity contribution < 1.29 is 4.21 Å². The number of benzene rings is 1. The van der Waals surface area contributed by atoms with E-state index in [1.807, 2.05) is 0 Å². The minimum absolute atomic E-state index is 0.200. The second kappa shape index (κ2) is 9.37. The van der Waals surface area contributed by atoms with E-state index in [4.69, 9.17) is 0 Å². The highest BCUT2D eigenvalue weighted by Gasteiger charge is 2.15. The molecule has 0 heterocycles. The SMILES string of the molecule is CCCNC(CS(=O)CC(C)C)c1ccc(C(C)C)cc1. The van der Waals surface area contributed by atoms with Crippen molar-refractivity contribution in [2.24, 2.45) is 5.92 Å². The van der Waals surface area contributed by atoms with Gasteiger partial charge in [-0.05, 0) is 35.9 Å². The quantitative estimate of drug-likeness (QED) is 0.738. The summed E-state index contributed by atoms with van der Waals surface area (Å²) in [6, 6.07) is 8.98. The number of hydrogen-bond donors (Lipinski definition) is 1. The molecule has 0 radical (unpaired) electrons. The van der Waals surface area contributed by atoms with Gasteiger partial charge in [0.25, 0.3) is 0 Å². The van der Waals surface area contributed by atoms with Crippen molar-refractivity contribution in [3.05, 3.63) is 35.4 Å². The van der Waals surface area contributed by atoms with E-state index in [1.54, 1.807) is 0 Å². The molecule has 1 N–H and O–H groups in total. The van der Waals surface area contributed by atoms with Gasteiger partial charge in [0.1, 0.15) is 0 Å². The van der Waals surface area contributed by atoms with Crippen molar-refractivity contribution in [1.82, 2.24) is 5.32 Å². The van der Waals surface area contributed by atoms with Gasteiger partial charge < -0.3 is 5.32 Å². The van der Waals surface area contributed by atoms with Crippen LogP contribution < -0.4 is 5.32 Å². The van der Waals surface area contributed by atoms with Crippen LogP contribution in [0.15, 0.2) is 24.3 Å². The minimum Gasteiger partial charge on any atom is -0.309 e. The number of hydrogen-bond acceptors (Lipinski definition) is 2. The molecule has 0 saturated carbocycles. The van der Waals surface area contributed by atoms with E-state index in [1.165, 1.54) is 11.1 Å². The number of rotatable bonds is 9. The normalized spacial score (nSPS) is 14.6. The van der Waals surface area contributed by atoms with Crippen LogP contribution in [0.25, 0.3) is 0 Å². The minimum atomic E-state index is -0.761. The van der Waals surface area contributed by atoms with Gasteiger partial charge in [-0.3, -0.25) is 4.21 Å². The predicted octanol–water partition coefficient (Wildman–Crippen LogP) is 4.26. The topological polar surface area (TPSA) is 29.1 Å². The van der Waals surface area contributed by atoms with Gasteiger partial charge in [0.05, 0.1) is 0 Å². The maximum absolute atomic E-state index is 12.2. The lowest BCUT2D eigenvalue weighted by Crippen LogP contribution is -2.28. The van der Waals surface area contributed by atoms with Gasteiger partial charge in [0.2, 0.25) is 0 Å². The Labute approximate surface area is 133 Å². The summed E-state index contributed by atoms with van der Waals surface area (Å²) >= 11 is 0. The van der Waals surface area contributed by atoms with E-state index in [2.05, 4.69) is 64.2 Å². The Hall–Kier alpha value is -0.670. The zero-order valence-corrected chi connectivity index (χ0v) is 15.0. The third kappa shape index (κ3) is 6.75. The summed E-state index contributed by atoms with van der Waals surface area (Å²) < 4.78 is 12.2. The van der Waals surface area contributed by atoms with Gasteiger partial charge in [-0.15, -0.1) is 0 Å². The summed E-state index contributed by atoms with van der Waals surface area (Å²) in [6.07, 6.45) is 1.09. The summed E-state index contributed by atoms with van der Waals surface area (Å²) in [5.74, 6) is 2.53.